The highest BCUT2D eigenvalue weighted by molar-refractivity contribution is 8.01. The van der Waals surface area contributed by atoms with E-state index >= 15 is 0 Å². The van der Waals surface area contributed by atoms with Crippen LogP contribution in [0, 0.1) is 6.92 Å². The fourth-order valence-electron chi connectivity index (χ4n) is 1.50. The molecule has 0 saturated carbocycles. The second-order valence-corrected chi connectivity index (χ2v) is 6.47. The molecular weight excluding hydrogens is 310 g/mol. The van der Waals surface area contributed by atoms with Gasteiger partial charge in [0.15, 0.2) is 4.34 Å². The van der Waals surface area contributed by atoms with Crippen molar-refractivity contribution in [3.8, 4) is 0 Å². The van der Waals surface area contributed by atoms with Gasteiger partial charge in [-0.1, -0.05) is 52.9 Å². The lowest BCUT2D eigenvalue weighted by atomic mass is 10.1. The molecule has 0 saturated heterocycles. The summed E-state index contributed by atoms with van der Waals surface area (Å²) in [5.41, 5.74) is 2.06. The highest BCUT2D eigenvalue weighted by Gasteiger charge is 2.10. The predicted molar refractivity (Wildman–Crippen MR) is 81.8 cm³/mol. The van der Waals surface area contributed by atoms with E-state index in [0.717, 1.165) is 34.2 Å². The van der Waals surface area contributed by atoms with Crippen LogP contribution in [-0.4, -0.2) is 32.9 Å². The zero-order valence-corrected chi connectivity index (χ0v) is 12.8. The Morgan fingerprint density at radius 1 is 1.29 bits per heavy atom. The number of carboxylic acid groups (broad SMARTS) is 1. The molecule has 2 aromatic rings. The third-order valence-electron chi connectivity index (χ3n) is 2.46. The van der Waals surface area contributed by atoms with Crippen LogP contribution in [-0.2, 0) is 16.0 Å². The van der Waals surface area contributed by atoms with Gasteiger partial charge in [-0.25, -0.2) is 0 Å². The number of carbonyl (C=O) groups excluding carboxylic acids is 1. The average Bonchev–Trinajstić information content (AvgIpc) is 2.86. The van der Waals surface area contributed by atoms with E-state index in [4.69, 9.17) is 5.11 Å². The van der Waals surface area contributed by atoms with Crippen molar-refractivity contribution in [3.05, 3.63) is 35.4 Å². The first-order chi connectivity index (χ1) is 10.0. The van der Waals surface area contributed by atoms with Gasteiger partial charge in [-0.2, -0.15) is 0 Å². The lowest BCUT2D eigenvalue weighted by Crippen LogP contribution is -2.14. The zero-order valence-electron chi connectivity index (χ0n) is 11.2. The van der Waals surface area contributed by atoms with E-state index in [1.165, 1.54) is 0 Å². The Labute approximate surface area is 129 Å². The standard InChI is InChI=1S/C13H13N3O3S2/c1-8-2-4-9(5-3-8)6-10(17)14-12-15-16-13(21-12)20-7-11(18)19/h2-5H,6-7H2,1H3,(H,18,19)(H,14,15,17). The number of benzene rings is 1. The number of nitrogens with one attached hydrogen (secondary N) is 1. The molecular formula is C13H13N3O3S2. The first kappa shape index (κ1) is 15.5. The summed E-state index contributed by atoms with van der Waals surface area (Å²) in [4.78, 5) is 22.3. The number of amides is 1. The molecule has 0 unspecified atom stereocenters. The van der Waals surface area contributed by atoms with E-state index in [1.807, 2.05) is 31.2 Å². The molecule has 0 atom stereocenters. The number of anilines is 1. The Hall–Kier alpha value is -1.93. The third-order valence-corrected chi connectivity index (χ3v) is 4.41. The van der Waals surface area contributed by atoms with Crippen LogP contribution in [0.3, 0.4) is 0 Å². The molecule has 0 aliphatic heterocycles. The zero-order chi connectivity index (χ0) is 15.2. The molecule has 0 bridgehead atoms. The molecule has 1 amide bonds. The average molecular weight is 323 g/mol. The SMILES string of the molecule is Cc1ccc(CC(=O)Nc2nnc(SCC(=O)O)s2)cc1. The summed E-state index contributed by atoms with van der Waals surface area (Å²) < 4.78 is 0.517. The van der Waals surface area contributed by atoms with Crippen LogP contribution in [0.5, 0.6) is 0 Å². The van der Waals surface area contributed by atoms with E-state index in [9.17, 15) is 9.59 Å². The highest BCUT2D eigenvalue weighted by Crippen LogP contribution is 2.25. The number of carboxylic acids is 1. The van der Waals surface area contributed by atoms with E-state index in [0.29, 0.717) is 9.47 Å². The summed E-state index contributed by atoms with van der Waals surface area (Å²) in [6.45, 7) is 1.99. The molecule has 0 aliphatic rings. The van der Waals surface area contributed by atoms with E-state index < -0.39 is 5.97 Å². The van der Waals surface area contributed by atoms with E-state index in [2.05, 4.69) is 15.5 Å². The van der Waals surface area contributed by atoms with Crippen molar-refractivity contribution in [1.29, 1.82) is 0 Å². The Bertz CT molecular complexity index is 640. The minimum Gasteiger partial charge on any atom is -0.481 e. The smallest absolute Gasteiger partial charge is 0.313 e. The number of aryl methyl sites for hydroxylation is 1. The maximum absolute atomic E-state index is 11.9. The van der Waals surface area contributed by atoms with Crippen LogP contribution in [0.2, 0.25) is 0 Å². The fraction of sp³-hybridized carbons (Fsp3) is 0.231. The normalized spacial score (nSPS) is 10.3. The molecule has 2 N–H and O–H groups in total. The van der Waals surface area contributed by atoms with Crippen LogP contribution in [0.1, 0.15) is 11.1 Å². The quantitative estimate of drug-likeness (QED) is 0.625. The molecule has 21 heavy (non-hydrogen) atoms. The van der Waals surface area contributed by atoms with Gasteiger partial charge in [-0.05, 0) is 12.5 Å². The summed E-state index contributed by atoms with van der Waals surface area (Å²) in [6.07, 6.45) is 0.261. The van der Waals surface area contributed by atoms with Gasteiger partial charge in [0.2, 0.25) is 11.0 Å². The Balaban J connectivity index is 1.87. The lowest BCUT2D eigenvalue weighted by molar-refractivity contribution is -0.133. The number of hydrogen-bond acceptors (Lipinski definition) is 6. The van der Waals surface area contributed by atoms with Crippen LogP contribution < -0.4 is 5.32 Å². The van der Waals surface area contributed by atoms with Gasteiger partial charge < -0.3 is 10.4 Å². The summed E-state index contributed by atoms with van der Waals surface area (Å²) in [7, 11) is 0. The van der Waals surface area contributed by atoms with Crippen molar-refractivity contribution in [2.24, 2.45) is 0 Å². The molecule has 0 fully saturated rings. The number of carbonyl (C=O) groups is 2. The van der Waals surface area contributed by atoms with E-state index in [-0.39, 0.29) is 18.1 Å². The van der Waals surface area contributed by atoms with Crippen LogP contribution in [0.4, 0.5) is 5.13 Å². The van der Waals surface area contributed by atoms with Gasteiger partial charge in [0, 0.05) is 0 Å². The monoisotopic (exact) mass is 323 g/mol. The summed E-state index contributed by atoms with van der Waals surface area (Å²) in [5, 5.41) is 19.2. The van der Waals surface area contributed by atoms with Crippen molar-refractivity contribution in [1.82, 2.24) is 10.2 Å². The van der Waals surface area contributed by atoms with Crippen molar-refractivity contribution in [2.45, 2.75) is 17.7 Å². The number of nitrogens with zero attached hydrogens (tertiary/aromatic N) is 2. The minimum absolute atomic E-state index is 0.0774. The van der Waals surface area contributed by atoms with Crippen molar-refractivity contribution < 1.29 is 14.7 Å². The van der Waals surface area contributed by atoms with Gasteiger partial charge in [0.05, 0.1) is 12.2 Å². The first-order valence-electron chi connectivity index (χ1n) is 6.06. The predicted octanol–water partition coefficient (Wildman–Crippen LogP) is 2.20. The van der Waals surface area contributed by atoms with Crippen LogP contribution in [0.15, 0.2) is 28.6 Å². The summed E-state index contributed by atoms with van der Waals surface area (Å²) in [6, 6.07) is 7.72. The Morgan fingerprint density at radius 2 is 2.00 bits per heavy atom. The van der Waals surface area contributed by atoms with Gasteiger partial charge in [-0.15, -0.1) is 10.2 Å². The maximum atomic E-state index is 11.9. The fourth-order valence-corrected chi connectivity index (χ4v) is 2.99. The van der Waals surface area contributed by atoms with Gasteiger partial charge >= 0.3 is 5.97 Å². The number of thioether (sulfide) groups is 1. The minimum atomic E-state index is -0.917. The third kappa shape index (κ3) is 5.16. The molecule has 1 aromatic carbocycles. The topological polar surface area (TPSA) is 92.2 Å². The molecule has 1 heterocycles. The summed E-state index contributed by atoms with van der Waals surface area (Å²) in [5.74, 6) is -1.17. The molecule has 2 rings (SSSR count). The van der Waals surface area contributed by atoms with Crippen LogP contribution in [0.25, 0.3) is 0 Å². The maximum Gasteiger partial charge on any atom is 0.313 e. The Morgan fingerprint density at radius 3 is 2.67 bits per heavy atom. The second-order valence-electron chi connectivity index (χ2n) is 4.27. The molecule has 0 radical (unpaired) electrons. The van der Waals surface area contributed by atoms with Gasteiger partial charge in [0.1, 0.15) is 0 Å². The number of aromatic nitrogens is 2. The highest BCUT2D eigenvalue weighted by atomic mass is 32.2. The number of aliphatic carboxylic acids is 1. The molecule has 8 heteroatoms. The van der Waals surface area contributed by atoms with E-state index in [1.54, 1.807) is 0 Å². The lowest BCUT2D eigenvalue weighted by Gasteiger charge is -2.01. The first-order valence-corrected chi connectivity index (χ1v) is 7.86. The van der Waals surface area contributed by atoms with Crippen molar-refractivity contribution >= 4 is 40.1 Å². The number of hydrogen-bond donors (Lipinski definition) is 2. The molecule has 1 aromatic heterocycles. The molecule has 0 aliphatic carbocycles. The molecule has 0 spiro atoms. The number of rotatable bonds is 6. The Kier molecular flexibility index (Phi) is 5.29. The van der Waals surface area contributed by atoms with Crippen LogP contribution >= 0.6 is 23.1 Å². The molecule has 6 nitrogen and oxygen atoms in total. The van der Waals surface area contributed by atoms with Crippen molar-refractivity contribution in [3.63, 3.8) is 0 Å². The summed E-state index contributed by atoms with van der Waals surface area (Å²) >= 11 is 2.24. The molecule has 110 valence electrons. The van der Waals surface area contributed by atoms with Gasteiger partial charge in [0.25, 0.3) is 0 Å². The second kappa shape index (κ2) is 7.19. The largest absolute Gasteiger partial charge is 0.481 e. The van der Waals surface area contributed by atoms with Crippen molar-refractivity contribution in [2.75, 3.05) is 11.1 Å². The van der Waals surface area contributed by atoms with Gasteiger partial charge in [-0.3, -0.25) is 9.59 Å².